The Kier molecular flexibility index (Phi) is 4.59. The summed E-state index contributed by atoms with van der Waals surface area (Å²) >= 11 is 0. The van der Waals surface area contributed by atoms with E-state index in [2.05, 4.69) is 123 Å². The van der Waals surface area contributed by atoms with Gasteiger partial charge in [-0.05, 0) is 69.0 Å². The van der Waals surface area contributed by atoms with Crippen LogP contribution in [0.3, 0.4) is 0 Å². The van der Waals surface area contributed by atoms with Crippen LogP contribution in [-0.4, -0.2) is 18.0 Å². The third-order valence-electron chi connectivity index (χ3n) is 6.86. The summed E-state index contributed by atoms with van der Waals surface area (Å²) in [4.78, 5) is 9.56. The van der Waals surface area contributed by atoms with Crippen LogP contribution in [0.4, 0.5) is 0 Å². The zero-order chi connectivity index (χ0) is 22.4. The molecule has 2 aromatic heterocycles. The molecule has 1 aliphatic rings. The van der Waals surface area contributed by atoms with Crippen molar-refractivity contribution in [2.45, 2.75) is 13.8 Å². The minimum atomic E-state index is -2.70. The minimum Gasteiger partial charge on any atom is -0.262 e. The average Bonchev–Trinajstić information content (AvgIpc) is 2.97. The van der Waals surface area contributed by atoms with E-state index in [-0.39, 0.29) is 0 Å². The van der Waals surface area contributed by atoms with Crippen molar-refractivity contribution < 1.29 is 0 Å². The van der Waals surface area contributed by atoms with Crippen LogP contribution in [-0.2, 0) is 0 Å². The second kappa shape index (κ2) is 7.64. The van der Waals surface area contributed by atoms with Gasteiger partial charge in [-0.3, -0.25) is 9.97 Å². The van der Waals surface area contributed by atoms with Crippen molar-refractivity contribution in [3.05, 3.63) is 121 Å². The molecule has 0 unspecified atom stereocenters. The fourth-order valence-electron chi connectivity index (χ4n) is 5.36. The van der Waals surface area contributed by atoms with Gasteiger partial charge in [-0.25, -0.2) is 0 Å². The van der Waals surface area contributed by atoms with Crippen LogP contribution < -0.4 is 20.7 Å². The van der Waals surface area contributed by atoms with Crippen LogP contribution in [0, 0.1) is 13.8 Å². The third kappa shape index (κ3) is 2.93. The van der Waals surface area contributed by atoms with Crippen molar-refractivity contribution in [3.63, 3.8) is 0 Å². The predicted octanol–water partition coefficient (Wildman–Crippen LogP) is 4.12. The average molecular weight is 441 g/mol. The number of nitrogens with zero attached hydrogens (tertiary/aromatic N) is 2. The molecule has 0 amide bonds. The van der Waals surface area contributed by atoms with E-state index < -0.39 is 8.07 Å². The molecule has 33 heavy (non-hydrogen) atoms. The summed E-state index contributed by atoms with van der Waals surface area (Å²) in [6.45, 7) is 4.10. The Labute approximate surface area is 195 Å². The van der Waals surface area contributed by atoms with Gasteiger partial charge in [0.25, 0.3) is 0 Å². The molecule has 0 radical (unpaired) electrons. The van der Waals surface area contributed by atoms with Gasteiger partial charge in [0.2, 0.25) is 0 Å². The van der Waals surface area contributed by atoms with E-state index >= 15 is 0 Å². The van der Waals surface area contributed by atoms with Crippen LogP contribution in [0.25, 0.3) is 22.3 Å². The number of pyridine rings is 2. The molecular weight excluding hydrogens is 416 g/mol. The first-order valence-electron chi connectivity index (χ1n) is 11.3. The predicted molar refractivity (Wildman–Crippen MR) is 140 cm³/mol. The molecule has 0 saturated heterocycles. The number of aromatic nitrogens is 2. The van der Waals surface area contributed by atoms with E-state index in [9.17, 15) is 0 Å². The molecule has 6 rings (SSSR count). The van der Waals surface area contributed by atoms with E-state index in [1.54, 1.807) is 0 Å². The van der Waals surface area contributed by atoms with Gasteiger partial charge in [0.15, 0.2) is 8.07 Å². The molecule has 0 saturated carbocycles. The van der Waals surface area contributed by atoms with E-state index in [4.69, 9.17) is 9.97 Å². The van der Waals surface area contributed by atoms with Crippen LogP contribution >= 0.6 is 0 Å². The highest BCUT2D eigenvalue weighted by Crippen LogP contribution is 2.35. The summed E-state index contributed by atoms with van der Waals surface area (Å²) in [6.07, 6.45) is 4.20. The van der Waals surface area contributed by atoms with Crippen molar-refractivity contribution in [2.24, 2.45) is 0 Å². The molecule has 5 aromatic rings. The third-order valence-corrected chi connectivity index (χ3v) is 11.7. The van der Waals surface area contributed by atoms with Gasteiger partial charge in [0.1, 0.15) is 0 Å². The molecule has 0 fully saturated rings. The molecule has 0 aliphatic carbocycles. The lowest BCUT2D eigenvalue weighted by molar-refractivity contribution is 1.21. The van der Waals surface area contributed by atoms with Gasteiger partial charge in [-0.1, -0.05) is 84.9 Å². The minimum absolute atomic E-state index is 1.03. The van der Waals surface area contributed by atoms with Gasteiger partial charge in [-0.2, -0.15) is 0 Å². The topological polar surface area (TPSA) is 25.8 Å². The second-order valence-electron chi connectivity index (χ2n) is 8.76. The number of benzene rings is 3. The number of hydrogen-bond donors (Lipinski definition) is 0. The first kappa shape index (κ1) is 19.8. The first-order valence-corrected chi connectivity index (χ1v) is 13.3. The zero-order valence-corrected chi connectivity index (χ0v) is 19.8. The molecule has 1 aliphatic heterocycles. The molecule has 0 atom stereocenters. The number of hydrogen-bond acceptors (Lipinski definition) is 2. The fourth-order valence-corrected chi connectivity index (χ4v) is 10.3. The second-order valence-corrected chi connectivity index (χ2v) is 12.5. The van der Waals surface area contributed by atoms with Crippen molar-refractivity contribution in [1.82, 2.24) is 9.97 Å². The molecule has 0 spiro atoms. The maximum absolute atomic E-state index is 4.78. The molecule has 3 heteroatoms. The highest BCUT2D eigenvalue weighted by molar-refractivity contribution is 7.21. The van der Waals surface area contributed by atoms with Gasteiger partial charge >= 0.3 is 0 Å². The van der Waals surface area contributed by atoms with E-state index in [1.807, 2.05) is 0 Å². The summed E-state index contributed by atoms with van der Waals surface area (Å²) in [6, 6.07) is 35.6. The summed E-state index contributed by atoms with van der Waals surface area (Å²) in [5, 5.41) is 5.34. The van der Waals surface area contributed by atoms with Crippen LogP contribution in [0.5, 0.6) is 0 Å². The Morgan fingerprint density at radius 2 is 0.848 bits per heavy atom. The molecule has 3 heterocycles. The lowest BCUT2D eigenvalue weighted by Gasteiger charge is -2.35. The molecular formula is C30H24N2Si. The van der Waals surface area contributed by atoms with Crippen LogP contribution in [0.2, 0.25) is 0 Å². The first-order chi connectivity index (χ1) is 16.2. The van der Waals surface area contributed by atoms with Crippen molar-refractivity contribution in [3.8, 4) is 22.3 Å². The van der Waals surface area contributed by atoms with E-state index in [0.29, 0.717) is 0 Å². The summed E-state index contributed by atoms with van der Waals surface area (Å²) in [7, 11) is -2.70. The van der Waals surface area contributed by atoms with Crippen LogP contribution in [0.1, 0.15) is 11.4 Å². The summed E-state index contributed by atoms with van der Waals surface area (Å²) in [5.41, 5.74) is 7.24. The van der Waals surface area contributed by atoms with Gasteiger partial charge in [-0.15, -0.1) is 0 Å². The number of rotatable bonds is 2. The fraction of sp³-hybridized carbons (Fsp3) is 0.0667. The molecule has 0 N–H and O–H groups in total. The largest absolute Gasteiger partial charge is 0.262 e. The highest BCUT2D eigenvalue weighted by atomic mass is 28.3. The smallest absolute Gasteiger partial charge is 0.183 e. The van der Waals surface area contributed by atoms with Gasteiger partial charge in [0, 0.05) is 23.8 Å². The maximum Gasteiger partial charge on any atom is 0.183 e. The summed E-state index contributed by atoms with van der Waals surface area (Å²) in [5.74, 6) is 0. The normalized spacial score (nSPS) is 13.4. The molecule has 158 valence electrons. The van der Waals surface area contributed by atoms with Gasteiger partial charge in [0.05, 0.1) is 0 Å². The van der Waals surface area contributed by atoms with Crippen molar-refractivity contribution >= 4 is 28.8 Å². The zero-order valence-electron chi connectivity index (χ0n) is 18.8. The number of aryl methyl sites for hydroxylation is 2. The Morgan fingerprint density at radius 3 is 1.24 bits per heavy atom. The van der Waals surface area contributed by atoms with Crippen molar-refractivity contribution in [1.29, 1.82) is 0 Å². The summed E-state index contributed by atoms with van der Waals surface area (Å²) < 4.78 is 0. The Balaban J connectivity index is 1.86. The van der Waals surface area contributed by atoms with E-state index in [1.165, 1.54) is 43.0 Å². The Morgan fingerprint density at radius 1 is 0.455 bits per heavy atom. The maximum atomic E-state index is 4.78. The Hall–Kier alpha value is -3.82. The monoisotopic (exact) mass is 440 g/mol. The van der Waals surface area contributed by atoms with Gasteiger partial charge < -0.3 is 0 Å². The number of fused-ring (bicyclic) bond motifs is 5. The molecule has 3 aromatic carbocycles. The Bertz CT molecular complexity index is 1360. The molecule has 2 nitrogen and oxygen atoms in total. The lowest BCUT2D eigenvalue weighted by atomic mass is 9.95. The van der Waals surface area contributed by atoms with Crippen molar-refractivity contribution in [2.75, 3.05) is 0 Å². The standard InChI is InChI=1S/C30H24N2Si/c1-21-15-17-23(19-31-21)33(24-18-16-22(2)32-20-24)29-13-7-5-11-27(29)25-9-3-4-10-26(25)28-12-6-8-14-30(28)33/h3-20H,1-2H3. The van der Waals surface area contributed by atoms with E-state index in [0.717, 1.165) is 11.4 Å². The molecule has 0 bridgehead atoms. The van der Waals surface area contributed by atoms with Crippen LogP contribution in [0.15, 0.2) is 109 Å². The highest BCUT2D eigenvalue weighted by Gasteiger charge is 2.46. The quantitative estimate of drug-likeness (QED) is 0.379. The lowest BCUT2D eigenvalue weighted by Crippen LogP contribution is -2.75. The SMILES string of the molecule is Cc1ccc([Si]2(c3ccc(C)nc3)c3ccccc3-c3ccccc3-c3ccccc32)cn1.